The lowest BCUT2D eigenvalue weighted by Crippen LogP contribution is -2.52. The summed E-state index contributed by atoms with van der Waals surface area (Å²) in [5, 5.41) is 22.2. The van der Waals surface area contributed by atoms with Crippen LogP contribution in [0.3, 0.4) is 0 Å². The number of aliphatic hydroxyl groups is 1. The topological polar surface area (TPSA) is 90.3 Å². The summed E-state index contributed by atoms with van der Waals surface area (Å²) >= 11 is 3.44. The summed E-state index contributed by atoms with van der Waals surface area (Å²) in [7, 11) is 0. The molecule has 2 amide bonds. The summed E-state index contributed by atoms with van der Waals surface area (Å²) in [5.41, 5.74) is 1.85. The largest absolute Gasteiger partial charge is 0.508 e. The Labute approximate surface area is 225 Å². The van der Waals surface area contributed by atoms with Gasteiger partial charge in [0.05, 0.1) is 17.9 Å². The molecule has 2 N–H and O–H groups in total. The van der Waals surface area contributed by atoms with Crippen LogP contribution in [0, 0.1) is 23.7 Å². The van der Waals surface area contributed by atoms with Crippen molar-refractivity contribution in [3.63, 3.8) is 0 Å². The normalized spacial score (nSPS) is 34.6. The van der Waals surface area contributed by atoms with E-state index in [1.807, 2.05) is 25.1 Å². The number of piperidine rings is 1. The molecule has 1 aliphatic carbocycles. The Balaban J connectivity index is 1.20. The number of carbonyl (C=O) groups is 2. The molecule has 0 radical (unpaired) electrons. The Morgan fingerprint density at radius 2 is 1.78 bits per heavy atom. The minimum absolute atomic E-state index is 0.0841. The summed E-state index contributed by atoms with van der Waals surface area (Å²) in [5.74, 6) is -3.47. The molecule has 3 aliphatic heterocycles. The Morgan fingerprint density at radius 1 is 1.05 bits per heavy atom. The van der Waals surface area contributed by atoms with Crippen LogP contribution in [0.15, 0.2) is 53.0 Å². The fourth-order valence-electron chi connectivity index (χ4n) is 7.18. The molecule has 37 heavy (non-hydrogen) atoms. The van der Waals surface area contributed by atoms with Gasteiger partial charge in [0, 0.05) is 47.5 Å². The number of fused-ring (bicyclic) bond motifs is 3. The number of carbonyl (C=O) groups excluding carboxylic acids is 2. The zero-order valence-corrected chi connectivity index (χ0v) is 22.5. The number of halogens is 1. The van der Waals surface area contributed by atoms with Crippen LogP contribution in [0.2, 0.25) is 0 Å². The number of imide groups is 1. The average Bonchev–Trinajstić information content (AvgIpc) is 3.36. The summed E-state index contributed by atoms with van der Waals surface area (Å²) in [6.45, 7) is 4.44. The van der Waals surface area contributed by atoms with E-state index < -0.39 is 29.6 Å². The number of aromatic hydroxyl groups is 1. The van der Waals surface area contributed by atoms with Crippen LogP contribution in [0.25, 0.3) is 0 Å². The van der Waals surface area contributed by atoms with Crippen molar-refractivity contribution in [1.29, 1.82) is 0 Å². The predicted molar refractivity (Wildman–Crippen MR) is 140 cm³/mol. The average molecular weight is 569 g/mol. The highest BCUT2D eigenvalue weighted by Crippen LogP contribution is 2.59. The van der Waals surface area contributed by atoms with Gasteiger partial charge in [-0.05, 0) is 49.4 Å². The maximum atomic E-state index is 13.8. The van der Waals surface area contributed by atoms with Gasteiger partial charge in [-0.3, -0.25) is 19.4 Å². The third-order valence-electron chi connectivity index (χ3n) is 9.10. The van der Waals surface area contributed by atoms with Crippen molar-refractivity contribution >= 4 is 27.7 Å². The number of phenols is 1. The van der Waals surface area contributed by atoms with Gasteiger partial charge in [-0.25, -0.2) is 0 Å². The lowest BCUT2D eigenvalue weighted by atomic mass is 9.65. The molecule has 0 bridgehead atoms. The molecule has 196 valence electrons. The molecule has 1 saturated carbocycles. The summed E-state index contributed by atoms with van der Waals surface area (Å²) in [6, 6.07) is 15.4. The highest BCUT2D eigenvalue weighted by atomic mass is 79.9. The fourth-order valence-corrected chi connectivity index (χ4v) is 7.56. The first kappa shape index (κ1) is 25.0. The quantitative estimate of drug-likeness (QED) is 0.536. The zero-order chi connectivity index (χ0) is 25.9. The lowest BCUT2D eigenvalue weighted by Gasteiger charge is -2.43. The second-order valence-electron chi connectivity index (χ2n) is 11.2. The number of likely N-dealkylation sites (tertiary alicyclic amines) is 2. The van der Waals surface area contributed by atoms with E-state index in [4.69, 9.17) is 4.74 Å². The Bertz CT molecular complexity index is 1200. The van der Waals surface area contributed by atoms with Gasteiger partial charge in [0.2, 0.25) is 11.8 Å². The number of hydrogen-bond acceptors (Lipinski definition) is 6. The van der Waals surface area contributed by atoms with Crippen LogP contribution in [0.4, 0.5) is 0 Å². The molecule has 7 nitrogen and oxygen atoms in total. The van der Waals surface area contributed by atoms with Crippen LogP contribution in [-0.4, -0.2) is 56.7 Å². The SMILES string of the molecule is C[C@H]1C[C@@H]2C(=O)N(C3CCN(Cc4ccccc4)CC3)C(=O)[C@@H]2[C@@H]2C[C@@H](c3cc(Br)ccc3O)O[C@]12O. The molecular weight excluding hydrogens is 536 g/mol. The molecule has 0 spiro atoms. The number of benzene rings is 2. The van der Waals surface area contributed by atoms with E-state index in [2.05, 4.69) is 33.0 Å². The molecule has 2 aromatic carbocycles. The molecule has 4 aliphatic rings. The first-order valence-corrected chi connectivity index (χ1v) is 14.1. The van der Waals surface area contributed by atoms with Crippen molar-refractivity contribution in [2.75, 3.05) is 13.1 Å². The van der Waals surface area contributed by atoms with Crippen LogP contribution in [0.1, 0.15) is 49.8 Å². The van der Waals surface area contributed by atoms with Crippen LogP contribution >= 0.6 is 15.9 Å². The maximum absolute atomic E-state index is 13.8. The Morgan fingerprint density at radius 3 is 2.51 bits per heavy atom. The number of nitrogens with zero attached hydrogens (tertiary/aromatic N) is 2. The third-order valence-corrected chi connectivity index (χ3v) is 9.59. The van der Waals surface area contributed by atoms with Crippen molar-refractivity contribution in [2.45, 2.75) is 57.1 Å². The van der Waals surface area contributed by atoms with Gasteiger partial charge in [0.25, 0.3) is 0 Å². The van der Waals surface area contributed by atoms with Crippen molar-refractivity contribution < 1.29 is 24.5 Å². The molecule has 4 fully saturated rings. The zero-order valence-electron chi connectivity index (χ0n) is 20.9. The molecule has 8 heteroatoms. The van der Waals surface area contributed by atoms with E-state index in [0.29, 0.717) is 18.4 Å². The second-order valence-corrected chi connectivity index (χ2v) is 12.1. The Hall–Kier alpha value is -2.26. The van der Waals surface area contributed by atoms with E-state index in [1.54, 1.807) is 18.2 Å². The minimum Gasteiger partial charge on any atom is -0.508 e. The second kappa shape index (κ2) is 9.49. The van der Waals surface area contributed by atoms with E-state index in [0.717, 1.165) is 36.9 Å². The monoisotopic (exact) mass is 568 g/mol. The smallest absolute Gasteiger partial charge is 0.233 e. The van der Waals surface area contributed by atoms with E-state index >= 15 is 0 Å². The van der Waals surface area contributed by atoms with Gasteiger partial charge >= 0.3 is 0 Å². The fraction of sp³-hybridized carbons (Fsp3) is 0.517. The highest BCUT2D eigenvalue weighted by Gasteiger charge is 2.66. The number of hydrogen-bond donors (Lipinski definition) is 2. The van der Waals surface area contributed by atoms with Gasteiger partial charge in [-0.2, -0.15) is 0 Å². The number of phenolic OH excluding ortho intramolecular Hbond substituents is 1. The van der Waals surface area contributed by atoms with Crippen LogP contribution in [0.5, 0.6) is 5.75 Å². The molecule has 0 unspecified atom stereocenters. The van der Waals surface area contributed by atoms with E-state index in [-0.39, 0.29) is 29.5 Å². The van der Waals surface area contributed by atoms with Gasteiger partial charge < -0.3 is 14.9 Å². The molecular formula is C29H33BrN2O5. The lowest BCUT2D eigenvalue weighted by molar-refractivity contribution is -0.265. The van der Waals surface area contributed by atoms with Crippen molar-refractivity contribution in [2.24, 2.45) is 23.7 Å². The van der Waals surface area contributed by atoms with Gasteiger partial charge in [0.1, 0.15) is 5.75 Å². The van der Waals surface area contributed by atoms with Gasteiger partial charge in [0.15, 0.2) is 5.79 Å². The van der Waals surface area contributed by atoms with E-state index in [1.165, 1.54) is 10.5 Å². The number of rotatable bonds is 4. The summed E-state index contributed by atoms with van der Waals surface area (Å²) in [4.78, 5) is 31.4. The standard InChI is InChI=1S/C29H33BrN2O5/c1-17-13-22-26(23-15-25(37-29(17,23)36)21-14-19(30)7-8-24(21)33)28(35)32(27(22)34)20-9-11-31(12-10-20)16-18-5-3-2-4-6-18/h2-8,14,17,20,22-23,25-26,33,36H,9-13,15-16H2,1H3/t17-,22-,23-,25-,26-,29+/m0/s1. The number of amides is 2. The van der Waals surface area contributed by atoms with Crippen molar-refractivity contribution in [3.05, 3.63) is 64.1 Å². The molecule has 6 atom stereocenters. The maximum Gasteiger partial charge on any atom is 0.233 e. The van der Waals surface area contributed by atoms with E-state index in [9.17, 15) is 19.8 Å². The Kier molecular flexibility index (Phi) is 6.42. The third kappa shape index (κ3) is 4.22. The molecule has 3 heterocycles. The van der Waals surface area contributed by atoms with Crippen LogP contribution in [-0.2, 0) is 20.9 Å². The van der Waals surface area contributed by atoms with Gasteiger partial charge in [-0.15, -0.1) is 0 Å². The molecule has 0 aromatic heterocycles. The first-order valence-electron chi connectivity index (χ1n) is 13.3. The highest BCUT2D eigenvalue weighted by molar-refractivity contribution is 9.10. The molecule has 2 aromatic rings. The summed E-state index contributed by atoms with van der Waals surface area (Å²) in [6.07, 6.45) is 1.78. The molecule has 6 rings (SSSR count). The summed E-state index contributed by atoms with van der Waals surface area (Å²) < 4.78 is 7.02. The van der Waals surface area contributed by atoms with Crippen molar-refractivity contribution in [3.8, 4) is 5.75 Å². The number of ether oxygens (including phenoxy) is 1. The van der Waals surface area contributed by atoms with Crippen LogP contribution < -0.4 is 0 Å². The van der Waals surface area contributed by atoms with Gasteiger partial charge in [-0.1, -0.05) is 53.2 Å². The van der Waals surface area contributed by atoms with Crippen molar-refractivity contribution in [1.82, 2.24) is 9.80 Å². The minimum atomic E-state index is -1.51. The molecule has 3 saturated heterocycles. The predicted octanol–water partition coefficient (Wildman–Crippen LogP) is 4.23. The first-order chi connectivity index (χ1) is 17.8.